The summed E-state index contributed by atoms with van der Waals surface area (Å²) < 4.78 is 0.900. The molecule has 1 fully saturated rings. The normalized spacial score (nSPS) is 22.4. The Morgan fingerprint density at radius 3 is 2.84 bits per heavy atom. The van der Waals surface area contributed by atoms with Gasteiger partial charge in [0.25, 0.3) is 5.91 Å². The minimum Gasteiger partial charge on any atom is -0.391 e. The number of amides is 1. The van der Waals surface area contributed by atoms with E-state index in [4.69, 9.17) is 0 Å². The molecule has 1 saturated heterocycles. The Morgan fingerprint density at radius 1 is 1.47 bits per heavy atom. The lowest BCUT2D eigenvalue weighted by Crippen LogP contribution is -2.54. The number of likely N-dealkylation sites (tertiary alicyclic amines) is 1. The first kappa shape index (κ1) is 14.5. The van der Waals surface area contributed by atoms with E-state index in [1.54, 1.807) is 4.90 Å². The molecule has 1 aromatic carbocycles. The number of carbonyl (C=O) groups is 1. The van der Waals surface area contributed by atoms with Gasteiger partial charge in [-0.25, -0.2) is 0 Å². The monoisotopic (exact) mass is 325 g/mol. The lowest BCUT2D eigenvalue weighted by Gasteiger charge is -2.44. The largest absolute Gasteiger partial charge is 0.391 e. The summed E-state index contributed by atoms with van der Waals surface area (Å²) in [4.78, 5) is 14.5. The standard InChI is InChI=1S/C15H20BrNO2/c1-10-4-5-11(16)8-13(10)14(19)17-9-12(18)6-7-15(17,2)3/h4-5,8,12,18H,6-7,9H2,1-3H3. The van der Waals surface area contributed by atoms with Crippen LogP contribution in [0.4, 0.5) is 0 Å². The van der Waals surface area contributed by atoms with Crippen molar-refractivity contribution in [1.29, 1.82) is 0 Å². The number of piperidine rings is 1. The van der Waals surface area contributed by atoms with E-state index < -0.39 is 6.10 Å². The van der Waals surface area contributed by atoms with Crippen LogP contribution >= 0.6 is 15.9 Å². The summed E-state index contributed by atoms with van der Waals surface area (Å²) in [6.45, 7) is 6.47. The van der Waals surface area contributed by atoms with Gasteiger partial charge >= 0.3 is 0 Å². The van der Waals surface area contributed by atoms with Crippen molar-refractivity contribution in [3.05, 3.63) is 33.8 Å². The molecule has 0 bridgehead atoms. The van der Waals surface area contributed by atoms with Gasteiger partial charge in [0.05, 0.1) is 6.10 Å². The summed E-state index contributed by atoms with van der Waals surface area (Å²) in [6.07, 6.45) is 1.17. The summed E-state index contributed by atoms with van der Waals surface area (Å²) in [7, 11) is 0. The summed E-state index contributed by atoms with van der Waals surface area (Å²) in [5.41, 5.74) is 1.46. The fourth-order valence-corrected chi connectivity index (χ4v) is 2.89. The molecule has 1 unspecified atom stereocenters. The molecule has 3 nitrogen and oxygen atoms in total. The molecule has 2 rings (SSSR count). The number of rotatable bonds is 1. The van der Waals surface area contributed by atoms with Crippen molar-refractivity contribution in [2.24, 2.45) is 0 Å². The highest BCUT2D eigenvalue weighted by Gasteiger charge is 2.37. The number of nitrogens with zero attached hydrogens (tertiary/aromatic N) is 1. The van der Waals surface area contributed by atoms with E-state index in [0.717, 1.165) is 22.9 Å². The smallest absolute Gasteiger partial charge is 0.254 e. The highest BCUT2D eigenvalue weighted by atomic mass is 79.9. The Labute approximate surface area is 122 Å². The maximum absolute atomic E-state index is 12.7. The van der Waals surface area contributed by atoms with Crippen LogP contribution in [0.3, 0.4) is 0 Å². The van der Waals surface area contributed by atoms with E-state index in [9.17, 15) is 9.90 Å². The number of β-amino-alcohol motifs (C(OH)–C–C–N with tert-alkyl or cyclic N) is 1. The molecule has 1 aliphatic heterocycles. The van der Waals surface area contributed by atoms with Gasteiger partial charge in [-0.3, -0.25) is 4.79 Å². The SMILES string of the molecule is Cc1ccc(Br)cc1C(=O)N1CC(O)CCC1(C)C. The van der Waals surface area contributed by atoms with Gasteiger partial charge < -0.3 is 10.0 Å². The first-order valence-electron chi connectivity index (χ1n) is 6.57. The summed E-state index contributed by atoms with van der Waals surface area (Å²) >= 11 is 3.41. The maximum atomic E-state index is 12.7. The third-order valence-electron chi connectivity index (χ3n) is 3.89. The molecule has 1 aliphatic rings. The Hall–Kier alpha value is -0.870. The second kappa shape index (κ2) is 5.25. The van der Waals surface area contributed by atoms with Crippen molar-refractivity contribution in [3.63, 3.8) is 0 Å². The molecule has 19 heavy (non-hydrogen) atoms. The van der Waals surface area contributed by atoms with Gasteiger partial charge in [0.2, 0.25) is 0 Å². The van der Waals surface area contributed by atoms with Crippen molar-refractivity contribution in [2.45, 2.75) is 45.3 Å². The summed E-state index contributed by atoms with van der Waals surface area (Å²) in [5.74, 6) is 0.00236. The van der Waals surface area contributed by atoms with Crippen molar-refractivity contribution in [3.8, 4) is 0 Å². The van der Waals surface area contributed by atoms with E-state index in [2.05, 4.69) is 29.8 Å². The Morgan fingerprint density at radius 2 is 2.16 bits per heavy atom. The fourth-order valence-electron chi connectivity index (χ4n) is 2.53. The van der Waals surface area contributed by atoms with Crippen LogP contribution in [0.25, 0.3) is 0 Å². The minimum absolute atomic E-state index is 0.00236. The first-order chi connectivity index (χ1) is 8.81. The second-order valence-electron chi connectivity index (χ2n) is 5.88. The highest BCUT2D eigenvalue weighted by Crippen LogP contribution is 2.30. The van der Waals surface area contributed by atoms with Crippen LogP contribution in [-0.4, -0.2) is 34.1 Å². The third kappa shape index (κ3) is 3.00. The van der Waals surface area contributed by atoms with Crippen molar-refractivity contribution in [2.75, 3.05) is 6.54 Å². The van der Waals surface area contributed by atoms with Crippen molar-refractivity contribution in [1.82, 2.24) is 4.90 Å². The number of aliphatic hydroxyl groups excluding tert-OH is 1. The molecule has 0 spiro atoms. The van der Waals surface area contributed by atoms with E-state index in [1.165, 1.54) is 0 Å². The zero-order valence-corrected chi connectivity index (χ0v) is 13.2. The van der Waals surface area contributed by atoms with Gasteiger partial charge in [-0.15, -0.1) is 0 Å². The van der Waals surface area contributed by atoms with Gasteiger partial charge in [-0.1, -0.05) is 22.0 Å². The van der Waals surface area contributed by atoms with Crippen LogP contribution in [0.2, 0.25) is 0 Å². The van der Waals surface area contributed by atoms with Crippen molar-refractivity contribution >= 4 is 21.8 Å². The van der Waals surface area contributed by atoms with Gasteiger partial charge in [0, 0.05) is 22.1 Å². The number of carbonyl (C=O) groups excluding carboxylic acids is 1. The number of aliphatic hydroxyl groups is 1. The fraction of sp³-hybridized carbons (Fsp3) is 0.533. The summed E-state index contributed by atoms with van der Waals surface area (Å²) in [5, 5.41) is 9.83. The quantitative estimate of drug-likeness (QED) is 0.861. The Kier molecular flexibility index (Phi) is 4.02. The van der Waals surface area contributed by atoms with Crippen LogP contribution < -0.4 is 0 Å². The molecular weight excluding hydrogens is 306 g/mol. The van der Waals surface area contributed by atoms with Crippen LogP contribution in [0.1, 0.15) is 42.6 Å². The maximum Gasteiger partial charge on any atom is 0.254 e. The van der Waals surface area contributed by atoms with Crippen molar-refractivity contribution < 1.29 is 9.90 Å². The molecule has 0 aliphatic carbocycles. The van der Waals surface area contributed by atoms with E-state index >= 15 is 0 Å². The molecule has 104 valence electrons. The Bertz CT molecular complexity index is 499. The second-order valence-corrected chi connectivity index (χ2v) is 6.80. The highest BCUT2D eigenvalue weighted by molar-refractivity contribution is 9.10. The zero-order valence-electron chi connectivity index (χ0n) is 11.6. The molecule has 1 N–H and O–H groups in total. The number of benzene rings is 1. The molecule has 0 aromatic heterocycles. The van der Waals surface area contributed by atoms with Gasteiger partial charge in [0.15, 0.2) is 0 Å². The number of aryl methyl sites for hydroxylation is 1. The van der Waals surface area contributed by atoms with Crippen LogP contribution in [0.15, 0.2) is 22.7 Å². The van der Waals surface area contributed by atoms with E-state index in [-0.39, 0.29) is 11.4 Å². The lowest BCUT2D eigenvalue weighted by atomic mass is 9.88. The van der Waals surface area contributed by atoms with Crippen LogP contribution in [0.5, 0.6) is 0 Å². The molecular formula is C15H20BrNO2. The third-order valence-corrected chi connectivity index (χ3v) is 4.38. The molecule has 0 radical (unpaired) electrons. The minimum atomic E-state index is -0.413. The van der Waals surface area contributed by atoms with E-state index in [0.29, 0.717) is 12.1 Å². The number of halogens is 1. The van der Waals surface area contributed by atoms with Gasteiger partial charge in [-0.2, -0.15) is 0 Å². The first-order valence-corrected chi connectivity index (χ1v) is 7.37. The molecule has 1 heterocycles. The van der Waals surface area contributed by atoms with Crippen LogP contribution in [0, 0.1) is 6.92 Å². The lowest BCUT2D eigenvalue weighted by molar-refractivity contribution is 0.00149. The molecule has 4 heteroatoms. The van der Waals surface area contributed by atoms with Crippen LogP contribution in [-0.2, 0) is 0 Å². The zero-order chi connectivity index (χ0) is 14.2. The molecule has 1 amide bonds. The van der Waals surface area contributed by atoms with Gasteiger partial charge in [-0.05, 0) is 51.3 Å². The van der Waals surface area contributed by atoms with Gasteiger partial charge in [0.1, 0.15) is 0 Å². The Balaban J connectivity index is 2.34. The molecule has 0 saturated carbocycles. The predicted octanol–water partition coefficient (Wildman–Crippen LogP) is 3.13. The molecule has 1 aromatic rings. The summed E-state index contributed by atoms with van der Waals surface area (Å²) in [6, 6.07) is 5.72. The average Bonchev–Trinajstić information content (AvgIpc) is 2.34. The topological polar surface area (TPSA) is 40.5 Å². The predicted molar refractivity (Wildman–Crippen MR) is 79.2 cm³/mol. The number of hydrogen-bond donors (Lipinski definition) is 1. The van der Waals surface area contributed by atoms with E-state index in [1.807, 2.05) is 25.1 Å². The molecule has 1 atom stereocenters. The average molecular weight is 326 g/mol. The number of hydrogen-bond acceptors (Lipinski definition) is 2.